The molecule has 0 atom stereocenters. The highest BCUT2D eigenvalue weighted by Gasteiger charge is 2.15. The largest absolute Gasteiger partial charge is 0.290 e. The van der Waals surface area contributed by atoms with Crippen LogP contribution in [0.3, 0.4) is 0 Å². The molecule has 0 aliphatic carbocycles. The van der Waals surface area contributed by atoms with Gasteiger partial charge in [-0.2, -0.15) is 5.10 Å². The highest BCUT2D eigenvalue weighted by atomic mass is 79.9. The normalized spacial score (nSPS) is 10.7. The number of nitrogens with zero attached hydrogens (tertiary/aromatic N) is 4. The fraction of sp³-hybridized carbons (Fsp3) is 0.273. The van der Waals surface area contributed by atoms with Gasteiger partial charge in [-0.3, -0.25) is 10.1 Å². The molecule has 0 spiro atoms. The minimum Gasteiger partial charge on any atom is -0.258 e. The third kappa shape index (κ3) is 2.01. The van der Waals surface area contributed by atoms with Crippen LogP contribution in [0.15, 0.2) is 16.6 Å². The number of halogens is 1. The summed E-state index contributed by atoms with van der Waals surface area (Å²) in [5.41, 5.74) is 2.15. The van der Waals surface area contributed by atoms with Gasteiger partial charge in [-0.1, -0.05) is 0 Å². The Labute approximate surface area is 112 Å². The molecule has 0 aliphatic rings. The number of pyridine rings is 1. The molecule has 0 saturated heterocycles. The Morgan fingerprint density at radius 2 is 1.94 bits per heavy atom. The molecule has 7 heteroatoms. The molecule has 0 fully saturated rings. The fourth-order valence-corrected chi connectivity index (χ4v) is 1.95. The number of hydrogen-bond acceptors (Lipinski definition) is 4. The number of aromatic nitrogens is 3. The van der Waals surface area contributed by atoms with E-state index < -0.39 is 4.92 Å². The number of nitro groups is 1. The monoisotopic (exact) mass is 310 g/mol. The summed E-state index contributed by atoms with van der Waals surface area (Å²) in [5.74, 6) is 0.574. The first kappa shape index (κ1) is 12.7. The molecule has 0 bridgehead atoms. The van der Waals surface area contributed by atoms with Gasteiger partial charge in [0.05, 0.1) is 20.8 Å². The zero-order valence-electron chi connectivity index (χ0n) is 10.1. The molecule has 0 amide bonds. The van der Waals surface area contributed by atoms with E-state index in [0.717, 1.165) is 15.9 Å². The first-order valence-corrected chi connectivity index (χ1v) is 6.05. The fourth-order valence-electron chi connectivity index (χ4n) is 1.70. The highest BCUT2D eigenvalue weighted by Crippen LogP contribution is 2.24. The molecule has 0 unspecified atom stereocenters. The molecular weight excluding hydrogens is 300 g/mol. The van der Waals surface area contributed by atoms with E-state index in [1.165, 1.54) is 6.07 Å². The average Bonchev–Trinajstić information content (AvgIpc) is 2.56. The van der Waals surface area contributed by atoms with Crippen LogP contribution in [0, 0.1) is 30.9 Å². The van der Waals surface area contributed by atoms with Crippen molar-refractivity contribution in [3.63, 3.8) is 0 Å². The molecule has 94 valence electrons. The van der Waals surface area contributed by atoms with Gasteiger partial charge in [0.2, 0.25) is 0 Å². The van der Waals surface area contributed by atoms with Crippen molar-refractivity contribution < 1.29 is 4.92 Å². The molecule has 0 radical (unpaired) electrons. The van der Waals surface area contributed by atoms with E-state index in [4.69, 9.17) is 0 Å². The lowest BCUT2D eigenvalue weighted by Crippen LogP contribution is -2.04. The Morgan fingerprint density at radius 1 is 1.28 bits per heavy atom. The molecule has 0 aromatic carbocycles. The standard InChI is InChI=1S/C11H11BrN4O2/c1-6-9(16(17)18)4-5-10(13-6)15-8(3)11(12)7(2)14-15/h4-5H,1-3H3. The Morgan fingerprint density at radius 3 is 2.39 bits per heavy atom. The van der Waals surface area contributed by atoms with E-state index in [0.29, 0.717) is 11.5 Å². The van der Waals surface area contributed by atoms with Crippen molar-refractivity contribution in [3.05, 3.63) is 43.8 Å². The molecule has 6 nitrogen and oxygen atoms in total. The molecule has 0 aliphatic heterocycles. The van der Waals surface area contributed by atoms with Gasteiger partial charge in [-0.25, -0.2) is 9.67 Å². The van der Waals surface area contributed by atoms with E-state index in [9.17, 15) is 10.1 Å². The lowest BCUT2D eigenvalue weighted by Gasteiger charge is -2.04. The second-order valence-corrected chi connectivity index (χ2v) is 4.72. The van der Waals surface area contributed by atoms with Crippen molar-refractivity contribution in [2.24, 2.45) is 0 Å². The van der Waals surface area contributed by atoms with Gasteiger partial charge >= 0.3 is 0 Å². The molecule has 2 heterocycles. The Kier molecular flexibility index (Phi) is 3.16. The van der Waals surface area contributed by atoms with Crippen molar-refractivity contribution in [3.8, 4) is 5.82 Å². The maximum Gasteiger partial charge on any atom is 0.290 e. The van der Waals surface area contributed by atoms with Crippen LogP contribution >= 0.6 is 15.9 Å². The van der Waals surface area contributed by atoms with Crippen LogP contribution in [0.4, 0.5) is 5.69 Å². The van der Waals surface area contributed by atoms with Crippen LogP contribution in [0.25, 0.3) is 5.82 Å². The average molecular weight is 311 g/mol. The number of hydrogen-bond donors (Lipinski definition) is 0. The predicted octanol–water partition coefficient (Wildman–Crippen LogP) is 2.86. The van der Waals surface area contributed by atoms with E-state index in [1.54, 1.807) is 17.7 Å². The van der Waals surface area contributed by atoms with Crippen LogP contribution in [-0.2, 0) is 0 Å². The van der Waals surface area contributed by atoms with E-state index >= 15 is 0 Å². The second kappa shape index (κ2) is 4.49. The zero-order valence-corrected chi connectivity index (χ0v) is 11.7. The van der Waals surface area contributed by atoms with Crippen molar-refractivity contribution in [2.75, 3.05) is 0 Å². The number of rotatable bonds is 2. The molecule has 0 N–H and O–H groups in total. The van der Waals surface area contributed by atoms with Gasteiger partial charge in [-0.15, -0.1) is 0 Å². The van der Waals surface area contributed by atoms with Crippen LogP contribution in [-0.4, -0.2) is 19.7 Å². The van der Waals surface area contributed by atoms with E-state index in [-0.39, 0.29) is 5.69 Å². The van der Waals surface area contributed by atoms with Gasteiger partial charge in [0, 0.05) is 6.07 Å². The molecule has 2 rings (SSSR count). The summed E-state index contributed by atoms with van der Waals surface area (Å²) in [4.78, 5) is 14.5. The van der Waals surface area contributed by atoms with Crippen molar-refractivity contribution in [1.82, 2.24) is 14.8 Å². The van der Waals surface area contributed by atoms with Gasteiger partial charge in [0.1, 0.15) is 5.69 Å². The molecule has 2 aromatic rings. The van der Waals surface area contributed by atoms with E-state index in [2.05, 4.69) is 26.0 Å². The lowest BCUT2D eigenvalue weighted by atomic mass is 10.3. The van der Waals surface area contributed by atoms with Crippen LogP contribution in [0.5, 0.6) is 0 Å². The Bertz CT molecular complexity index is 636. The Hall–Kier alpha value is -1.76. The van der Waals surface area contributed by atoms with Gasteiger partial charge in [0.15, 0.2) is 5.82 Å². The van der Waals surface area contributed by atoms with Gasteiger partial charge < -0.3 is 0 Å². The summed E-state index contributed by atoms with van der Waals surface area (Å²) >= 11 is 3.43. The quantitative estimate of drug-likeness (QED) is 0.631. The summed E-state index contributed by atoms with van der Waals surface area (Å²) in [6, 6.07) is 3.04. The minimum atomic E-state index is -0.441. The summed E-state index contributed by atoms with van der Waals surface area (Å²) < 4.78 is 2.58. The van der Waals surface area contributed by atoms with Crippen molar-refractivity contribution in [2.45, 2.75) is 20.8 Å². The third-order valence-electron chi connectivity index (χ3n) is 2.66. The van der Waals surface area contributed by atoms with Crippen molar-refractivity contribution >= 4 is 21.6 Å². The topological polar surface area (TPSA) is 73.8 Å². The molecule has 18 heavy (non-hydrogen) atoms. The second-order valence-electron chi connectivity index (χ2n) is 3.93. The SMILES string of the molecule is Cc1nc(-n2nc(C)c(Br)c2C)ccc1[N+](=O)[O-]. The van der Waals surface area contributed by atoms with Crippen LogP contribution in [0.2, 0.25) is 0 Å². The zero-order chi connectivity index (χ0) is 13.4. The van der Waals surface area contributed by atoms with Crippen LogP contribution < -0.4 is 0 Å². The summed E-state index contributed by atoms with van der Waals surface area (Å²) in [7, 11) is 0. The first-order chi connectivity index (χ1) is 8.41. The lowest BCUT2D eigenvalue weighted by molar-refractivity contribution is -0.385. The van der Waals surface area contributed by atoms with Crippen molar-refractivity contribution in [1.29, 1.82) is 0 Å². The van der Waals surface area contributed by atoms with Gasteiger partial charge in [0.25, 0.3) is 5.69 Å². The highest BCUT2D eigenvalue weighted by molar-refractivity contribution is 9.10. The maximum atomic E-state index is 10.7. The summed E-state index contributed by atoms with van der Waals surface area (Å²) in [5, 5.41) is 15.1. The molecule has 0 saturated carbocycles. The minimum absolute atomic E-state index is 0.0133. The third-order valence-corrected chi connectivity index (χ3v) is 3.81. The smallest absolute Gasteiger partial charge is 0.258 e. The van der Waals surface area contributed by atoms with Crippen LogP contribution in [0.1, 0.15) is 17.1 Å². The first-order valence-electron chi connectivity index (χ1n) is 5.26. The van der Waals surface area contributed by atoms with Gasteiger partial charge in [-0.05, 0) is 42.8 Å². The van der Waals surface area contributed by atoms with E-state index in [1.807, 2.05) is 13.8 Å². The Balaban J connectivity index is 2.55. The molecular formula is C11H11BrN4O2. The summed E-state index contributed by atoms with van der Waals surface area (Å²) in [6.45, 7) is 5.40. The molecule has 2 aromatic heterocycles. The summed E-state index contributed by atoms with van der Waals surface area (Å²) in [6.07, 6.45) is 0. The number of aryl methyl sites for hydroxylation is 2. The maximum absolute atomic E-state index is 10.7. The predicted molar refractivity (Wildman–Crippen MR) is 69.9 cm³/mol.